The van der Waals surface area contributed by atoms with Gasteiger partial charge in [0.15, 0.2) is 0 Å². The van der Waals surface area contributed by atoms with Crippen LogP contribution in [0.5, 0.6) is 5.75 Å². The number of hydrogen-bond donors (Lipinski definition) is 1. The predicted molar refractivity (Wildman–Crippen MR) is 83.3 cm³/mol. The summed E-state index contributed by atoms with van der Waals surface area (Å²) in [5.74, 6) is 0.699. The van der Waals surface area contributed by atoms with Gasteiger partial charge in [0.25, 0.3) is 5.91 Å². The number of carbonyl (C=O) groups is 1. The van der Waals surface area contributed by atoms with Crippen LogP contribution in [0.2, 0.25) is 0 Å². The summed E-state index contributed by atoms with van der Waals surface area (Å²) in [6, 6.07) is 15.2. The second-order valence-corrected chi connectivity index (χ2v) is 5.18. The third-order valence-corrected chi connectivity index (χ3v) is 3.55. The van der Waals surface area contributed by atoms with Crippen molar-refractivity contribution in [1.29, 1.82) is 0 Å². The predicted octanol–water partition coefficient (Wildman–Crippen LogP) is 3.23. The zero-order valence-corrected chi connectivity index (χ0v) is 12.7. The van der Waals surface area contributed by atoms with Gasteiger partial charge in [-0.15, -0.1) is 0 Å². The molecule has 0 radical (unpaired) electrons. The van der Waals surface area contributed by atoms with E-state index in [0.717, 1.165) is 14.9 Å². The van der Waals surface area contributed by atoms with Crippen LogP contribution in [0, 0.1) is 3.57 Å². The van der Waals surface area contributed by atoms with Crippen LogP contribution < -0.4 is 10.1 Å². The van der Waals surface area contributed by atoms with Crippen LogP contribution in [0.3, 0.4) is 0 Å². The van der Waals surface area contributed by atoms with E-state index < -0.39 is 0 Å². The molecule has 3 nitrogen and oxygen atoms in total. The lowest BCUT2D eigenvalue weighted by atomic mass is 10.2. The Morgan fingerprint density at radius 3 is 2.58 bits per heavy atom. The van der Waals surface area contributed by atoms with E-state index in [2.05, 4.69) is 27.9 Å². The summed E-state index contributed by atoms with van der Waals surface area (Å²) in [4.78, 5) is 12.0. The number of methoxy groups -OCH3 is 1. The zero-order chi connectivity index (χ0) is 13.7. The lowest BCUT2D eigenvalue weighted by Gasteiger charge is -2.07. The first-order valence-corrected chi connectivity index (χ1v) is 6.94. The van der Waals surface area contributed by atoms with Crippen molar-refractivity contribution in [3.05, 3.63) is 63.2 Å². The van der Waals surface area contributed by atoms with Gasteiger partial charge in [-0.1, -0.05) is 30.3 Å². The summed E-state index contributed by atoms with van der Waals surface area (Å²) >= 11 is 2.15. The molecule has 0 aliphatic heterocycles. The fourth-order valence-electron chi connectivity index (χ4n) is 1.69. The smallest absolute Gasteiger partial charge is 0.251 e. The first-order chi connectivity index (χ1) is 9.20. The van der Waals surface area contributed by atoms with Gasteiger partial charge in [0, 0.05) is 12.1 Å². The van der Waals surface area contributed by atoms with Crippen molar-refractivity contribution < 1.29 is 9.53 Å². The third kappa shape index (κ3) is 3.70. The maximum absolute atomic E-state index is 12.0. The molecule has 0 atom stereocenters. The molecule has 1 N–H and O–H groups in total. The zero-order valence-electron chi connectivity index (χ0n) is 10.5. The molecule has 0 unspecified atom stereocenters. The van der Waals surface area contributed by atoms with Crippen molar-refractivity contribution in [2.24, 2.45) is 0 Å². The van der Waals surface area contributed by atoms with Gasteiger partial charge in [0.1, 0.15) is 5.75 Å². The molecule has 98 valence electrons. The number of amides is 1. The van der Waals surface area contributed by atoms with Gasteiger partial charge < -0.3 is 10.1 Å². The highest BCUT2D eigenvalue weighted by atomic mass is 127. The van der Waals surface area contributed by atoms with E-state index in [1.807, 2.05) is 36.4 Å². The van der Waals surface area contributed by atoms with E-state index in [0.29, 0.717) is 12.1 Å². The molecule has 0 saturated carbocycles. The minimum atomic E-state index is -0.0792. The average Bonchev–Trinajstić information content (AvgIpc) is 2.45. The molecule has 0 spiro atoms. The van der Waals surface area contributed by atoms with Crippen molar-refractivity contribution in [3.63, 3.8) is 0 Å². The van der Waals surface area contributed by atoms with Gasteiger partial charge in [-0.3, -0.25) is 4.79 Å². The Kier molecular flexibility index (Phi) is 4.79. The second-order valence-electron chi connectivity index (χ2n) is 4.02. The fraction of sp³-hybridized carbons (Fsp3) is 0.133. The summed E-state index contributed by atoms with van der Waals surface area (Å²) in [6.45, 7) is 0.530. The number of nitrogens with one attached hydrogen (secondary N) is 1. The van der Waals surface area contributed by atoms with Crippen molar-refractivity contribution in [2.75, 3.05) is 7.11 Å². The highest BCUT2D eigenvalue weighted by Crippen LogP contribution is 2.21. The van der Waals surface area contributed by atoms with Gasteiger partial charge >= 0.3 is 0 Å². The van der Waals surface area contributed by atoms with Gasteiger partial charge in [0.05, 0.1) is 10.7 Å². The Bertz CT molecular complexity index is 570. The third-order valence-electron chi connectivity index (χ3n) is 2.71. The van der Waals surface area contributed by atoms with Gasteiger partial charge in [-0.05, 0) is 46.4 Å². The summed E-state index contributed by atoms with van der Waals surface area (Å²) in [6.07, 6.45) is 0. The second kappa shape index (κ2) is 6.56. The number of carbonyl (C=O) groups excluding carboxylic acids is 1. The lowest BCUT2D eigenvalue weighted by Crippen LogP contribution is -2.22. The molecule has 0 heterocycles. The van der Waals surface area contributed by atoms with Crippen LogP contribution in [0.15, 0.2) is 48.5 Å². The number of hydrogen-bond acceptors (Lipinski definition) is 2. The molecular weight excluding hydrogens is 353 g/mol. The van der Waals surface area contributed by atoms with Gasteiger partial charge in [-0.2, -0.15) is 0 Å². The van der Waals surface area contributed by atoms with E-state index in [4.69, 9.17) is 4.74 Å². The van der Waals surface area contributed by atoms with Crippen LogP contribution in [-0.4, -0.2) is 13.0 Å². The summed E-state index contributed by atoms with van der Waals surface area (Å²) in [5, 5.41) is 2.90. The lowest BCUT2D eigenvalue weighted by molar-refractivity contribution is 0.0951. The van der Waals surface area contributed by atoms with Crippen LogP contribution in [0.1, 0.15) is 15.9 Å². The minimum absolute atomic E-state index is 0.0792. The summed E-state index contributed by atoms with van der Waals surface area (Å²) < 4.78 is 6.09. The molecule has 1 amide bonds. The Labute approximate surface area is 126 Å². The van der Waals surface area contributed by atoms with Crippen LogP contribution in [0.25, 0.3) is 0 Å². The summed E-state index contributed by atoms with van der Waals surface area (Å²) in [7, 11) is 1.62. The molecule has 19 heavy (non-hydrogen) atoms. The fourth-order valence-corrected chi connectivity index (χ4v) is 2.42. The van der Waals surface area contributed by atoms with E-state index in [-0.39, 0.29) is 5.91 Å². The normalized spacial score (nSPS) is 10.0. The molecule has 2 rings (SSSR count). The molecule has 2 aromatic carbocycles. The SMILES string of the molecule is COc1ccc(C(=O)NCc2ccccc2)cc1I. The first kappa shape index (κ1) is 13.9. The molecule has 0 bridgehead atoms. The van der Waals surface area contributed by atoms with Crippen molar-refractivity contribution in [1.82, 2.24) is 5.32 Å². The molecule has 0 aliphatic rings. The van der Waals surface area contributed by atoms with Crippen molar-refractivity contribution in [3.8, 4) is 5.75 Å². The van der Waals surface area contributed by atoms with E-state index >= 15 is 0 Å². The molecule has 0 fully saturated rings. The Balaban J connectivity index is 2.02. The Morgan fingerprint density at radius 2 is 1.95 bits per heavy atom. The summed E-state index contributed by atoms with van der Waals surface area (Å²) in [5.41, 5.74) is 1.72. The highest BCUT2D eigenvalue weighted by molar-refractivity contribution is 14.1. The standard InChI is InChI=1S/C15H14INO2/c1-19-14-8-7-12(9-13(14)16)15(18)17-10-11-5-3-2-4-6-11/h2-9H,10H2,1H3,(H,17,18). The Hall–Kier alpha value is -1.56. The van der Waals surface area contributed by atoms with Crippen molar-refractivity contribution in [2.45, 2.75) is 6.54 Å². The van der Waals surface area contributed by atoms with Crippen LogP contribution in [-0.2, 0) is 6.54 Å². The minimum Gasteiger partial charge on any atom is -0.496 e. The highest BCUT2D eigenvalue weighted by Gasteiger charge is 2.08. The molecule has 0 aliphatic carbocycles. The Morgan fingerprint density at radius 1 is 1.21 bits per heavy atom. The van der Waals surface area contributed by atoms with E-state index in [9.17, 15) is 4.79 Å². The molecular formula is C15H14INO2. The maximum atomic E-state index is 12.0. The van der Waals surface area contributed by atoms with Crippen LogP contribution >= 0.6 is 22.6 Å². The topological polar surface area (TPSA) is 38.3 Å². The number of benzene rings is 2. The molecule has 0 saturated heterocycles. The van der Waals surface area contributed by atoms with Crippen LogP contribution in [0.4, 0.5) is 0 Å². The quantitative estimate of drug-likeness (QED) is 0.843. The molecule has 2 aromatic rings. The number of halogens is 1. The number of rotatable bonds is 4. The van der Waals surface area contributed by atoms with Gasteiger partial charge in [0.2, 0.25) is 0 Å². The largest absolute Gasteiger partial charge is 0.496 e. The van der Waals surface area contributed by atoms with Gasteiger partial charge in [-0.25, -0.2) is 0 Å². The first-order valence-electron chi connectivity index (χ1n) is 5.86. The van der Waals surface area contributed by atoms with E-state index in [1.165, 1.54) is 0 Å². The number of ether oxygens (including phenoxy) is 1. The van der Waals surface area contributed by atoms with E-state index in [1.54, 1.807) is 19.2 Å². The average molecular weight is 367 g/mol. The monoisotopic (exact) mass is 367 g/mol. The molecule has 4 heteroatoms. The molecule has 0 aromatic heterocycles. The maximum Gasteiger partial charge on any atom is 0.251 e. The van der Waals surface area contributed by atoms with Crippen molar-refractivity contribution >= 4 is 28.5 Å².